The molecule has 0 saturated carbocycles. The van der Waals surface area contributed by atoms with E-state index in [9.17, 15) is 13.2 Å². The molecule has 8 nitrogen and oxygen atoms in total. The minimum absolute atomic E-state index is 0.112. The van der Waals surface area contributed by atoms with Crippen molar-refractivity contribution in [2.45, 2.75) is 17.7 Å². The van der Waals surface area contributed by atoms with Crippen molar-refractivity contribution in [2.24, 2.45) is 5.14 Å². The van der Waals surface area contributed by atoms with Crippen molar-refractivity contribution >= 4 is 15.9 Å². The van der Waals surface area contributed by atoms with Crippen LogP contribution < -0.4 is 10.5 Å². The lowest BCUT2D eigenvalue weighted by Crippen LogP contribution is -2.25. The second kappa shape index (κ2) is 8.78. The van der Waals surface area contributed by atoms with Gasteiger partial charge in [-0.3, -0.25) is 4.79 Å². The normalized spacial score (nSPS) is 11.5. The Hall–Kier alpha value is -1.42. The zero-order valence-electron chi connectivity index (χ0n) is 11.9. The van der Waals surface area contributed by atoms with Gasteiger partial charge in [-0.2, -0.15) is 0 Å². The Balaban J connectivity index is 2.21. The first kappa shape index (κ1) is 17.6. The van der Waals surface area contributed by atoms with Gasteiger partial charge in [0.2, 0.25) is 10.0 Å². The van der Waals surface area contributed by atoms with E-state index in [0.29, 0.717) is 26.4 Å². The average molecular weight is 319 g/mol. The first-order chi connectivity index (χ1) is 9.95. The third kappa shape index (κ3) is 6.71. The molecule has 0 aliphatic rings. The quantitative estimate of drug-likeness (QED) is 0.517. The van der Waals surface area contributed by atoms with Crippen LogP contribution in [0.15, 0.2) is 17.2 Å². The zero-order chi connectivity index (χ0) is 15.7. The van der Waals surface area contributed by atoms with Gasteiger partial charge in [0.1, 0.15) is 5.69 Å². The maximum absolute atomic E-state index is 11.7. The fourth-order valence-electron chi connectivity index (χ4n) is 1.54. The summed E-state index contributed by atoms with van der Waals surface area (Å²) in [5.41, 5.74) is 0.162. The number of nitrogens with one attached hydrogen (secondary N) is 2. The minimum atomic E-state index is -3.79. The van der Waals surface area contributed by atoms with E-state index in [4.69, 9.17) is 14.6 Å². The monoisotopic (exact) mass is 319 g/mol. The zero-order valence-corrected chi connectivity index (χ0v) is 12.7. The van der Waals surface area contributed by atoms with Crippen LogP contribution in [0.25, 0.3) is 0 Å². The van der Waals surface area contributed by atoms with Crippen LogP contribution in [0.2, 0.25) is 0 Å². The van der Waals surface area contributed by atoms with Gasteiger partial charge in [-0.25, -0.2) is 13.6 Å². The van der Waals surface area contributed by atoms with Crippen LogP contribution in [0.3, 0.4) is 0 Å². The molecule has 1 rings (SSSR count). The summed E-state index contributed by atoms with van der Waals surface area (Å²) in [5, 5.41) is 7.64. The van der Waals surface area contributed by atoms with Crippen molar-refractivity contribution in [3.63, 3.8) is 0 Å². The summed E-state index contributed by atoms with van der Waals surface area (Å²) in [6, 6.07) is 1.21. The molecule has 1 amide bonds. The van der Waals surface area contributed by atoms with Gasteiger partial charge in [-0.15, -0.1) is 0 Å². The Kier molecular flexibility index (Phi) is 7.37. The molecule has 4 N–H and O–H groups in total. The summed E-state index contributed by atoms with van der Waals surface area (Å²) >= 11 is 0. The van der Waals surface area contributed by atoms with Crippen LogP contribution in [0, 0.1) is 0 Å². The smallest absolute Gasteiger partial charge is 0.267 e. The number of amides is 1. The van der Waals surface area contributed by atoms with Crippen LogP contribution >= 0.6 is 0 Å². The van der Waals surface area contributed by atoms with Crippen LogP contribution in [0.5, 0.6) is 0 Å². The highest BCUT2D eigenvalue weighted by atomic mass is 32.2. The molecule has 120 valence electrons. The van der Waals surface area contributed by atoms with Crippen molar-refractivity contribution in [1.29, 1.82) is 0 Å². The lowest BCUT2D eigenvalue weighted by molar-refractivity contribution is 0.0686. The molecule has 0 saturated heterocycles. The number of primary sulfonamides is 1. The summed E-state index contributed by atoms with van der Waals surface area (Å²) in [5.74, 6) is -0.370. The number of ether oxygens (including phenoxy) is 2. The highest BCUT2D eigenvalue weighted by Gasteiger charge is 2.14. The number of hydrogen-bond acceptors (Lipinski definition) is 5. The molecule has 0 aliphatic carbocycles. The molecule has 0 spiro atoms. The van der Waals surface area contributed by atoms with Crippen molar-refractivity contribution in [3.8, 4) is 0 Å². The predicted octanol–water partition coefficient (Wildman–Crippen LogP) is -0.165. The van der Waals surface area contributed by atoms with Crippen molar-refractivity contribution in [1.82, 2.24) is 10.3 Å². The summed E-state index contributed by atoms with van der Waals surface area (Å²) in [6.45, 7) is 2.21. The second-order valence-electron chi connectivity index (χ2n) is 4.36. The van der Waals surface area contributed by atoms with E-state index in [2.05, 4.69) is 10.3 Å². The van der Waals surface area contributed by atoms with Gasteiger partial charge in [0.05, 0.1) is 18.1 Å². The number of hydrogen-bond donors (Lipinski definition) is 3. The molecule has 1 heterocycles. The summed E-state index contributed by atoms with van der Waals surface area (Å²) in [7, 11) is -2.18. The van der Waals surface area contributed by atoms with Crippen LogP contribution in [-0.2, 0) is 19.5 Å². The Morgan fingerprint density at radius 3 is 2.71 bits per heavy atom. The van der Waals surface area contributed by atoms with Crippen LogP contribution in [0.4, 0.5) is 0 Å². The Labute approximate surface area is 124 Å². The van der Waals surface area contributed by atoms with Crippen LogP contribution in [-0.4, -0.2) is 52.8 Å². The first-order valence-electron chi connectivity index (χ1n) is 6.51. The predicted molar refractivity (Wildman–Crippen MR) is 76.4 cm³/mol. The Bertz CT molecular complexity index is 541. The number of sulfonamides is 1. The standard InChI is InChI=1S/C12H21N3O5S/c1-19-6-7-20-5-3-2-4-14-12(16)11-8-10(9-15-11)21(13,17)18/h8-9,15H,2-7H2,1H3,(H,14,16)(H2,13,17,18). The fourth-order valence-corrected chi connectivity index (χ4v) is 2.05. The summed E-state index contributed by atoms with van der Waals surface area (Å²) < 4.78 is 32.3. The SMILES string of the molecule is COCCOCCCCNC(=O)c1cc(S(N)(=O)=O)c[nH]1. The maximum atomic E-state index is 11.7. The van der Waals surface area contributed by atoms with Gasteiger partial charge in [-0.05, 0) is 18.9 Å². The van der Waals surface area contributed by atoms with Gasteiger partial charge < -0.3 is 19.8 Å². The highest BCUT2D eigenvalue weighted by molar-refractivity contribution is 7.89. The highest BCUT2D eigenvalue weighted by Crippen LogP contribution is 2.08. The number of methoxy groups -OCH3 is 1. The molecule has 0 bridgehead atoms. The number of carbonyl (C=O) groups excluding carboxylic acids is 1. The van der Waals surface area contributed by atoms with E-state index >= 15 is 0 Å². The number of rotatable bonds is 10. The molecule has 0 fully saturated rings. The number of aromatic amines is 1. The summed E-state index contributed by atoms with van der Waals surface area (Å²) in [6.07, 6.45) is 2.77. The number of nitrogens with two attached hydrogens (primary N) is 1. The lowest BCUT2D eigenvalue weighted by Gasteiger charge is -2.05. The van der Waals surface area contributed by atoms with E-state index in [1.165, 1.54) is 12.3 Å². The molecule has 0 atom stereocenters. The van der Waals surface area contributed by atoms with Crippen molar-refractivity contribution < 1.29 is 22.7 Å². The molecule has 1 aromatic rings. The molecule has 0 aromatic carbocycles. The van der Waals surface area contributed by atoms with Gasteiger partial charge in [0, 0.05) is 26.5 Å². The van der Waals surface area contributed by atoms with E-state index in [1.54, 1.807) is 7.11 Å². The second-order valence-corrected chi connectivity index (χ2v) is 5.92. The molecule has 0 radical (unpaired) electrons. The van der Waals surface area contributed by atoms with E-state index in [-0.39, 0.29) is 16.5 Å². The Morgan fingerprint density at radius 2 is 2.10 bits per heavy atom. The van der Waals surface area contributed by atoms with Gasteiger partial charge >= 0.3 is 0 Å². The van der Waals surface area contributed by atoms with Gasteiger partial charge in [0.25, 0.3) is 5.91 Å². The third-order valence-electron chi connectivity index (χ3n) is 2.66. The molecular formula is C12H21N3O5S. The molecule has 1 aromatic heterocycles. The third-order valence-corrected chi connectivity index (χ3v) is 3.56. The largest absolute Gasteiger partial charge is 0.382 e. The molecular weight excluding hydrogens is 298 g/mol. The minimum Gasteiger partial charge on any atom is -0.382 e. The van der Waals surface area contributed by atoms with Gasteiger partial charge in [0.15, 0.2) is 0 Å². The Morgan fingerprint density at radius 1 is 1.33 bits per heavy atom. The number of aromatic nitrogens is 1. The molecule has 21 heavy (non-hydrogen) atoms. The van der Waals surface area contributed by atoms with Gasteiger partial charge in [-0.1, -0.05) is 0 Å². The number of H-pyrrole nitrogens is 1. The van der Waals surface area contributed by atoms with E-state index in [1.807, 2.05) is 0 Å². The summed E-state index contributed by atoms with van der Waals surface area (Å²) in [4.78, 5) is 14.2. The molecule has 9 heteroatoms. The van der Waals surface area contributed by atoms with E-state index < -0.39 is 10.0 Å². The fraction of sp³-hybridized carbons (Fsp3) is 0.583. The maximum Gasteiger partial charge on any atom is 0.267 e. The van der Waals surface area contributed by atoms with Crippen LogP contribution in [0.1, 0.15) is 23.3 Å². The van der Waals surface area contributed by atoms with Crippen molar-refractivity contribution in [3.05, 3.63) is 18.0 Å². The average Bonchev–Trinajstić information content (AvgIpc) is 2.91. The van der Waals surface area contributed by atoms with Crippen molar-refractivity contribution in [2.75, 3.05) is 33.5 Å². The molecule has 0 aliphatic heterocycles. The molecule has 0 unspecified atom stereocenters. The van der Waals surface area contributed by atoms with E-state index in [0.717, 1.165) is 12.8 Å². The topological polar surface area (TPSA) is 124 Å². The first-order valence-corrected chi connectivity index (χ1v) is 8.06. The number of carbonyl (C=O) groups is 1. The number of unbranched alkanes of at least 4 members (excludes halogenated alkanes) is 1. The lowest BCUT2D eigenvalue weighted by atomic mass is 10.3.